The van der Waals surface area contributed by atoms with Crippen LogP contribution in [0.1, 0.15) is 78.1 Å². The summed E-state index contributed by atoms with van der Waals surface area (Å²) in [5.74, 6) is 3.94. The topological polar surface area (TPSA) is 58.9 Å². The van der Waals surface area contributed by atoms with Crippen LogP contribution in [0.4, 0.5) is 0 Å². The van der Waals surface area contributed by atoms with E-state index in [0.29, 0.717) is 42.1 Å². The third kappa shape index (κ3) is 6.16. The maximum Gasteiger partial charge on any atom is 0.0854 e. The van der Waals surface area contributed by atoms with Crippen LogP contribution in [0.15, 0.2) is 0 Å². The Bertz CT molecular complexity index is 429. The molecule has 3 aliphatic rings. The van der Waals surface area contributed by atoms with E-state index in [0.717, 1.165) is 38.2 Å². The van der Waals surface area contributed by atoms with E-state index in [-0.39, 0.29) is 12.7 Å². The second kappa shape index (κ2) is 10.6. The van der Waals surface area contributed by atoms with E-state index in [1.165, 1.54) is 38.5 Å². The molecule has 0 aliphatic heterocycles. The first-order valence-corrected chi connectivity index (χ1v) is 11.6. The lowest BCUT2D eigenvalue weighted by Gasteiger charge is -2.42. The van der Waals surface area contributed by atoms with Crippen molar-refractivity contribution in [3.8, 4) is 0 Å². The van der Waals surface area contributed by atoms with Crippen LogP contribution in [0.3, 0.4) is 0 Å². The molecule has 0 bridgehead atoms. The molecule has 8 unspecified atom stereocenters. The average Bonchev–Trinajstić information content (AvgIpc) is 2.67. The Morgan fingerprint density at radius 2 is 1.52 bits per heavy atom. The van der Waals surface area contributed by atoms with Crippen molar-refractivity contribution in [2.75, 3.05) is 19.8 Å². The molecule has 158 valence electrons. The third-order valence-electron chi connectivity index (χ3n) is 7.99. The number of hydrogen-bond donors (Lipinski definition) is 2. The van der Waals surface area contributed by atoms with Crippen molar-refractivity contribution in [2.24, 2.45) is 41.4 Å². The molecule has 8 atom stereocenters. The molecule has 0 amide bonds. The van der Waals surface area contributed by atoms with Crippen molar-refractivity contribution in [1.82, 2.24) is 0 Å². The molecule has 0 spiro atoms. The fourth-order valence-electron chi connectivity index (χ4n) is 5.98. The molecule has 0 radical (unpaired) electrons. The molecule has 0 saturated heterocycles. The molecule has 3 saturated carbocycles. The molecule has 4 heteroatoms. The maximum absolute atomic E-state index is 10.2. The quantitative estimate of drug-likeness (QED) is 0.384. The summed E-state index contributed by atoms with van der Waals surface area (Å²) >= 11 is 0. The lowest BCUT2D eigenvalue weighted by Crippen LogP contribution is -2.37. The van der Waals surface area contributed by atoms with Crippen molar-refractivity contribution in [3.05, 3.63) is 0 Å². The summed E-state index contributed by atoms with van der Waals surface area (Å²) in [5, 5.41) is 20.2. The highest BCUT2D eigenvalue weighted by molar-refractivity contribution is 4.87. The molecule has 3 aliphatic carbocycles. The van der Waals surface area contributed by atoms with E-state index in [2.05, 4.69) is 13.8 Å². The SMILES string of the molecule is CC1CCCC(COOCC2CCC(C3CCC(C)C(O)C3)CC2CO)C1. The Kier molecular flexibility index (Phi) is 8.43. The zero-order valence-electron chi connectivity index (χ0n) is 17.5. The monoisotopic (exact) mass is 382 g/mol. The van der Waals surface area contributed by atoms with Gasteiger partial charge < -0.3 is 10.2 Å². The molecule has 3 fully saturated rings. The standard InChI is InChI=1S/C23H42O4/c1-16-4-3-5-18(10-16)14-26-27-15-21-9-8-19(11-22(21)13-24)20-7-6-17(2)23(25)12-20/h16-25H,3-15H2,1-2H3. The van der Waals surface area contributed by atoms with Gasteiger partial charge >= 0.3 is 0 Å². The smallest absolute Gasteiger partial charge is 0.0854 e. The molecule has 27 heavy (non-hydrogen) atoms. The van der Waals surface area contributed by atoms with Crippen LogP contribution in [0.2, 0.25) is 0 Å². The van der Waals surface area contributed by atoms with E-state index in [1.807, 2.05) is 0 Å². The molecule has 3 rings (SSSR count). The Balaban J connectivity index is 1.37. The van der Waals surface area contributed by atoms with Gasteiger partial charge in [0.05, 0.1) is 19.3 Å². The molecule has 4 nitrogen and oxygen atoms in total. The first-order valence-electron chi connectivity index (χ1n) is 11.6. The summed E-state index contributed by atoms with van der Waals surface area (Å²) in [6.45, 7) is 6.09. The zero-order valence-corrected chi connectivity index (χ0v) is 17.5. The average molecular weight is 383 g/mol. The number of aliphatic hydroxyl groups is 2. The summed E-state index contributed by atoms with van der Waals surface area (Å²) in [5.41, 5.74) is 0. The fraction of sp³-hybridized carbons (Fsp3) is 1.00. The van der Waals surface area contributed by atoms with Gasteiger partial charge in [-0.1, -0.05) is 26.7 Å². The zero-order chi connectivity index (χ0) is 19.2. The van der Waals surface area contributed by atoms with Crippen LogP contribution < -0.4 is 0 Å². The Morgan fingerprint density at radius 3 is 2.26 bits per heavy atom. The highest BCUT2D eigenvalue weighted by atomic mass is 17.2. The second-order valence-corrected chi connectivity index (χ2v) is 10.1. The van der Waals surface area contributed by atoms with E-state index in [1.54, 1.807) is 0 Å². The molecule has 0 aromatic rings. The van der Waals surface area contributed by atoms with Crippen molar-refractivity contribution >= 4 is 0 Å². The summed E-state index contributed by atoms with van der Waals surface area (Å²) in [4.78, 5) is 11.2. The number of aliphatic hydroxyl groups excluding tert-OH is 2. The first-order chi connectivity index (χ1) is 13.1. The Morgan fingerprint density at radius 1 is 0.778 bits per heavy atom. The van der Waals surface area contributed by atoms with E-state index >= 15 is 0 Å². The maximum atomic E-state index is 10.2. The van der Waals surface area contributed by atoms with Crippen LogP contribution in [0, 0.1) is 41.4 Å². The van der Waals surface area contributed by atoms with Gasteiger partial charge in [-0.3, -0.25) is 0 Å². The predicted octanol–water partition coefficient (Wildman–Crippen LogP) is 4.58. The van der Waals surface area contributed by atoms with Crippen LogP contribution >= 0.6 is 0 Å². The minimum Gasteiger partial charge on any atom is -0.396 e. The van der Waals surface area contributed by atoms with Gasteiger partial charge in [-0.05, 0) is 92.8 Å². The van der Waals surface area contributed by atoms with Crippen molar-refractivity contribution in [2.45, 2.75) is 84.2 Å². The van der Waals surface area contributed by atoms with Crippen LogP contribution in [0.25, 0.3) is 0 Å². The largest absolute Gasteiger partial charge is 0.396 e. The van der Waals surface area contributed by atoms with E-state index in [9.17, 15) is 10.2 Å². The van der Waals surface area contributed by atoms with Gasteiger partial charge in [0, 0.05) is 6.61 Å². The molecular formula is C23H42O4. The molecule has 0 aromatic heterocycles. The van der Waals surface area contributed by atoms with Crippen LogP contribution in [-0.4, -0.2) is 36.1 Å². The minimum atomic E-state index is -0.131. The lowest BCUT2D eigenvalue weighted by atomic mass is 9.65. The number of rotatable bonds is 7. The Labute approximate surface area is 165 Å². The number of hydrogen-bond acceptors (Lipinski definition) is 4. The highest BCUT2D eigenvalue weighted by Crippen LogP contribution is 2.43. The van der Waals surface area contributed by atoms with Gasteiger partial charge in [0.2, 0.25) is 0 Å². The van der Waals surface area contributed by atoms with Crippen molar-refractivity contribution < 1.29 is 20.0 Å². The van der Waals surface area contributed by atoms with Gasteiger partial charge in [-0.2, -0.15) is 0 Å². The highest BCUT2D eigenvalue weighted by Gasteiger charge is 2.37. The molecule has 0 aromatic carbocycles. The van der Waals surface area contributed by atoms with Crippen molar-refractivity contribution in [1.29, 1.82) is 0 Å². The summed E-state index contributed by atoms with van der Waals surface area (Å²) in [6.07, 6.45) is 11.8. The van der Waals surface area contributed by atoms with Gasteiger partial charge in [0.25, 0.3) is 0 Å². The molecular weight excluding hydrogens is 340 g/mol. The molecule has 2 N–H and O–H groups in total. The van der Waals surface area contributed by atoms with E-state index in [4.69, 9.17) is 9.78 Å². The van der Waals surface area contributed by atoms with Crippen LogP contribution in [-0.2, 0) is 9.78 Å². The lowest BCUT2D eigenvalue weighted by molar-refractivity contribution is -0.312. The van der Waals surface area contributed by atoms with Gasteiger partial charge in [0.15, 0.2) is 0 Å². The van der Waals surface area contributed by atoms with Gasteiger partial charge in [0.1, 0.15) is 0 Å². The summed E-state index contributed by atoms with van der Waals surface area (Å²) < 4.78 is 0. The van der Waals surface area contributed by atoms with Gasteiger partial charge in [-0.15, -0.1) is 0 Å². The molecule has 0 heterocycles. The predicted molar refractivity (Wildman–Crippen MR) is 107 cm³/mol. The third-order valence-corrected chi connectivity index (χ3v) is 7.99. The first kappa shape index (κ1) is 21.5. The fourth-order valence-corrected chi connectivity index (χ4v) is 5.98. The van der Waals surface area contributed by atoms with Gasteiger partial charge in [-0.25, -0.2) is 9.78 Å². The summed E-state index contributed by atoms with van der Waals surface area (Å²) in [7, 11) is 0. The van der Waals surface area contributed by atoms with Crippen LogP contribution in [0.5, 0.6) is 0 Å². The second-order valence-electron chi connectivity index (χ2n) is 10.1. The summed E-state index contributed by atoms with van der Waals surface area (Å²) in [6, 6.07) is 0. The van der Waals surface area contributed by atoms with Crippen molar-refractivity contribution in [3.63, 3.8) is 0 Å². The minimum absolute atomic E-state index is 0.131. The van der Waals surface area contributed by atoms with E-state index < -0.39 is 0 Å². The Hall–Kier alpha value is -0.160. The normalized spacial score (nSPS) is 43.6.